The summed E-state index contributed by atoms with van der Waals surface area (Å²) in [5, 5.41) is 6.58. The highest BCUT2D eigenvalue weighted by Gasteiger charge is 2.30. The maximum Gasteiger partial charge on any atom is 0.227 e. The first-order chi connectivity index (χ1) is 8.99. The first kappa shape index (κ1) is 13.9. The highest BCUT2D eigenvalue weighted by atomic mass is 16.1. The fraction of sp³-hybridized carbons (Fsp3) is 0.562. The Hall–Kier alpha value is -1.51. The molecule has 1 aliphatic heterocycles. The van der Waals surface area contributed by atoms with E-state index < -0.39 is 0 Å². The molecule has 2 rings (SSSR count). The Morgan fingerprint density at radius 2 is 2.00 bits per heavy atom. The van der Waals surface area contributed by atoms with Crippen LogP contribution in [0.5, 0.6) is 0 Å². The van der Waals surface area contributed by atoms with Crippen LogP contribution in [0.3, 0.4) is 0 Å². The average molecular weight is 260 g/mol. The molecule has 1 heterocycles. The van der Waals surface area contributed by atoms with Gasteiger partial charge in [0.2, 0.25) is 5.91 Å². The average Bonchev–Trinajstić information content (AvgIpc) is 2.37. The smallest absolute Gasteiger partial charge is 0.227 e. The number of carbonyl (C=O) groups excluding carboxylic acids is 1. The number of para-hydroxylation sites is 1. The van der Waals surface area contributed by atoms with Gasteiger partial charge in [0, 0.05) is 17.8 Å². The second kappa shape index (κ2) is 5.64. The summed E-state index contributed by atoms with van der Waals surface area (Å²) in [4.78, 5) is 12.5. The molecule has 3 unspecified atom stereocenters. The minimum atomic E-state index is -0.0337. The Labute approximate surface area is 115 Å². The maximum absolute atomic E-state index is 12.5. The summed E-state index contributed by atoms with van der Waals surface area (Å²) in [6, 6.07) is 8.67. The van der Waals surface area contributed by atoms with Gasteiger partial charge in [-0.2, -0.15) is 0 Å². The van der Waals surface area contributed by atoms with Crippen molar-refractivity contribution < 1.29 is 4.79 Å². The number of rotatable bonds is 3. The summed E-state index contributed by atoms with van der Waals surface area (Å²) in [6.07, 6.45) is 0.855. The van der Waals surface area contributed by atoms with Crippen molar-refractivity contribution in [1.82, 2.24) is 5.32 Å². The second-order valence-electron chi connectivity index (χ2n) is 5.96. The van der Waals surface area contributed by atoms with Crippen molar-refractivity contribution in [2.45, 2.75) is 52.1 Å². The molecule has 0 fully saturated rings. The van der Waals surface area contributed by atoms with Gasteiger partial charge >= 0.3 is 0 Å². The summed E-state index contributed by atoms with van der Waals surface area (Å²) in [5.74, 6) is 0.578. The quantitative estimate of drug-likeness (QED) is 0.876. The van der Waals surface area contributed by atoms with E-state index in [9.17, 15) is 4.79 Å². The molecule has 104 valence electrons. The molecule has 0 saturated carbocycles. The first-order valence-corrected chi connectivity index (χ1v) is 7.15. The standard InChI is InChI=1S/C16H24N2O/c1-10(2)12(4)18-16(19)14-9-11(3)17-15-8-6-5-7-13(14)15/h5-8,10-12,14,17H,9H2,1-4H3,(H,18,19). The van der Waals surface area contributed by atoms with Crippen LogP contribution in [0.1, 0.15) is 45.6 Å². The van der Waals surface area contributed by atoms with Gasteiger partial charge in [-0.3, -0.25) is 4.79 Å². The summed E-state index contributed by atoms with van der Waals surface area (Å²) >= 11 is 0. The number of fused-ring (bicyclic) bond motifs is 1. The minimum Gasteiger partial charge on any atom is -0.382 e. The summed E-state index contributed by atoms with van der Waals surface area (Å²) < 4.78 is 0. The molecule has 1 aliphatic rings. The van der Waals surface area contributed by atoms with E-state index in [0.717, 1.165) is 17.7 Å². The molecule has 3 atom stereocenters. The lowest BCUT2D eigenvalue weighted by Gasteiger charge is -2.31. The van der Waals surface area contributed by atoms with Crippen molar-refractivity contribution in [3.8, 4) is 0 Å². The van der Waals surface area contributed by atoms with Gasteiger partial charge < -0.3 is 10.6 Å². The Bertz CT molecular complexity index is 456. The number of nitrogens with one attached hydrogen (secondary N) is 2. The molecule has 1 amide bonds. The van der Waals surface area contributed by atoms with Gasteiger partial charge in [0.1, 0.15) is 0 Å². The predicted octanol–water partition coefficient (Wildman–Crippen LogP) is 3.14. The van der Waals surface area contributed by atoms with Crippen LogP contribution in [0, 0.1) is 5.92 Å². The van der Waals surface area contributed by atoms with Crippen LogP contribution in [-0.2, 0) is 4.79 Å². The fourth-order valence-corrected chi connectivity index (χ4v) is 2.48. The van der Waals surface area contributed by atoms with Crippen molar-refractivity contribution in [2.24, 2.45) is 5.92 Å². The zero-order chi connectivity index (χ0) is 14.0. The van der Waals surface area contributed by atoms with E-state index >= 15 is 0 Å². The molecular formula is C16H24N2O. The van der Waals surface area contributed by atoms with E-state index in [1.54, 1.807) is 0 Å². The minimum absolute atomic E-state index is 0.0337. The number of carbonyl (C=O) groups is 1. The molecule has 0 saturated heterocycles. The maximum atomic E-state index is 12.5. The van der Waals surface area contributed by atoms with E-state index in [0.29, 0.717) is 12.0 Å². The number of amides is 1. The third-order valence-electron chi connectivity index (χ3n) is 4.01. The van der Waals surface area contributed by atoms with Crippen LogP contribution in [-0.4, -0.2) is 18.0 Å². The molecule has 1 aromatic rings. The highest BCUT2D eigenvalue weighted by molar-refractivity contribution is 5.86. The van der Waals surface area contributed by atoms with Crippen molar-refractivity contribution in [3.05, 3.63) is 29.8 Å². The van der Waals surface area contributed by atoms with E-state index in [1.807, 2.05) is 12.1 Å². The van der Waals surface area contributed by atoms with Gasteiger partial charge in [-0.1, -0.05) is 32.0 Å². The Kier molecular flexibility index (Phi) is 4.13. The highest BCUT2D eigenvalue weighted by Crippen LogP contribution is 2.34. The lowest BCUT2D eigenvalue weighted by atomic mass is 9.86. The van der Waals surface area contributed by atoms with E-state index in [4.69, 9.17) is 0 Å². The third kappa shape index (κ3) is 3.09. The largest absolute Gasteiger partial charge is 0.382 e. The summed E-state index contributed by atoms with van der Waals surface area (Å²) in [6.45, 7) is 8.45. The third-order valence-corrected chi connectivity index (χ3v) is 4.01. The van der Waals surface area contributed by atoms with Crippen LogP contribution in [0.4, 0.5) is 5.69 Å². The molecule has 0 spiro atoms. The van der Waals surface area contributed by atoms with Crippen molar-refractivity contribution in [3.63, 3.8) is 0 Å². The Morgan fingerprint density at radius 3 is 2.68 bits per heavy atom. The van der Waals surface area contributed by atoms with Crippen molar-refractivity contribution >= 4 is 11.6 Å². The van der Waals surface area contributed by atoms with Gasteiger partial charge in [0.15, 0.2) is 0 Å². The SMILES string of the molecule is CC1CC(C(=O)NC(C)C(C)C)c2ccccc2N1. The molecule has 19 heavy (non-hydrogen) atoms. The first-order valence-electron chi connectivity index (χ1n) is 7.15. The van der Waals surface area contributed by atoms with Gasteiger partial charge in [-0.25, -0.2) is 0 Å². The van der Waals surface area contributed by atoms with Crippen LogP contribution in [0.25, 0.3) is 0 Å². The van der Waals surface area contributed by atoms with E-state index in [2.05, 4.69) is 50.5 Å². The molecule has 0 aromatic heterocycles. The van der Waals surface area contributed by atoms with Gasteiger partial charge in [-0.15, -0.1) is 0 Å². The lowest BCUT2D eigenvalue weighted by molar-refractivity contribution is -0.123. The normalized spacial score (nSPS) is 23.4. The molecule has 0 radical (unpaired) electrons. The van der Waals surface area contributed by atoms with Crippen LogP contribution >= 0.6 is 0 Å². The second-order valence-corrected chi connectivity index (χ2v) is 5.96. The Balaban J connectivity index is 2.18. The molecule has 0 bridgehead atoms. The lowest BCUT2D eigenvalue weighted by Crippen LogP contribution is -2.41. The molecule has 3 nitrogen and oxygen atoms in total. The van der Waals surface area contributed by atoms with Gasteiger partial charge in [0.05, 0.1) is 5.92 Å². The van der Waals surface area contributed by atoms with E-state index in [1.165, 1.54) is 0 Å². The number of hydrogen-bond donors (Lipinski definition) is 2. The zero-order valence-corrected chi connectivity index (χ0v) is 12.2. The predicted molar refractivity (Wildman–Crippen MR) is 79.3 cm³/mol. The fourth-order valence-electron chi connectivity index (χ4n) is 2.48. The molecule has 2 N–H and O–H groups in total. The Morgan fingerprint density at radius 1 is 1.32 bits per heavy atom. The van der Waals surface area contributed by atoms with Gasteiger partial charge in [-0.05, 0) is 37.8 Å². The van der Waals surface area contributed by atoms with Crippen molar-refractivity contribution in [2.75, 3.05) is 5.32 Å². The monoisotopic (exact) mass is 260 g/mol. The number of hydrogen-bond acceptors (Lipinski definition) is 2. The molecule has 3 heteroatoms. The summed E-state index contributed by atoms with van der Waals surface area (Å²) in [7, 11) is 0. The summed E-state index contributed by atoms with van der Waals surface area (Å²) in [5.41, 5.74) is 2.22. The van der Waals surface area contributed by atoms with Crippen LogP contribution < -0.4 is 10.6 Å². The molecular weight excluding hydrogens is 236 g/mol. The molecule has 1 aromatic carbocycles. The number of anilines is 1. The van der Waals surface area contributed by atoms with E-state index in [-0.39, 0.29) is 17.9 Å². The topological polar surface area (TPSA) is 41.1 Å². The van der Waals surface area contributed by atoms with Gasteiger partial charge in [0.25, 0.3) is 0 Å². The van der Waals surface area contributed by atoms with Crippen molar-refractivity contribution in [1.29, 1.82) is 0 Å². The number of benzene rings is 1. The van der Waals surface area contributed by atoms with Crippen LogP contribution in [0.2, 0.25) is 0 Å². The molecule has 0 aliphatic carbocycles. The zero-order valence-electron chi connectivity index (χ0n) is 12.2. The van der Waals surface area contributed by atoms with Crippen LogP contribution in [0.15, 0.2) is 24.3 Å².